The van der Waals surface area contributed by atoms with Crippen molar-refractivity contribution in [3.63, 3.8) is 0 Å². The quantitative estimate of drug-likeness (QED) is 0.744. The fourth-order valence-electron chi connectivity index (χ4n) is 0.992. The lowest BCUT2D eigenvalue weighted by Gasteiger charge is -2.05. The van der Waals surface area contributed by atoms with E-state index in [2.05, 4.69) is 20.4 Å². The molecule has 14 heavy (non-hydrogen) atoms. The van der Waals surface area contributed by atoms with Gasteiger partial charge in [-0.1, -0.05) is 5.16 Å². The minimum atomic E-state index is 0.121. The molecule has 0 fully saturated rings. The molecular weight excluding hydrogens is 180 g/mol. The molecule has 0 aliphatic rings. The fraction of sp³-hybridized carbons (Fsp3) is 0.778. The van der Waals surface area contributed by atoms with E-state index in [1.54, 1.807) is 0 Å². The Morgan fingerprint density at radius 1 is 1.50 bits per heavy atom. The van der Waals surface area contributed by atoms with Gasteiger partial charge in [-0.3, -0.25) is 0 Å². The lowest BCUT2D eigenvalue weighted by Crippen LogP contribution is -2.16. The summed E-state index contributed by atoms with van der Waals surface area (Å²) in [7, 11) is 5.92. The summed E-state index contributed by atoms with van der Waals surface area (Å²) in [6.45, 7) is 2.93. The highest BCUT2D eigenvalue weighted by Crippen LogP contribution is 2.08. The summed E-state index contributed by atoms with van der Waals surface area (Å²) in [5.74, 6) is 1.43. The molecule has 1 N–H and O–H groups in total. The first-order chi connectivity index (χ1) is 6.63. The Morgan fingerprint density at radius 2 is 2.21 bits per heavy atom. The van der Waals surface area contributed by atoms with Crippen molar-refractivity contribution in [1.82, 2.24) is 20.4 Å². The summed E-state index contributed by atoms with van der Waals surface area (Å²) in [5, 5.41) is 6.96. The molecule has 5 heteroatoms. The van der Waals surface area contributed by atoms with E-state index in [0.717, 1.165) is 18.8 Å². The highest BCUT2D eigenvalue weighted by molar-refractivity contribution is 4.91. The van der Waals surface area contributed by atoms with Crippen LogP contribution in [0.15, 0.2) is 4.52 Å². The van der Waals surface area contributed by atoms with Crippen LogP contribution in [0, 0.1) is 0 Å². The van der Waals surface area contributed by atoms with Gasteiger partial charge >= 0.3 is 0 Å². The van der Waals surface area contributed by atoms with Crippen LogP contribution in [0.5, 0.6) is 0 Å². The number of rotatable bonds is 5. The van der Waals surface area contributed by atoms with Crippen LogP contribution in [0.4, 0.5) is 0 Å². The van der Waals surface area contributed by atoms with E-state index in [0.29, 0.717) is 5.89 Å². The van der Waals surface area contributed by atoms with Crippen LogP contribution < -0.4 is 5.32 Å². The molecule has 0 aliphatic heterocycles. The summed E-state index contributed by atoms with van der Waals surface area (Å²) < 4.78 is 5.11. The standard InChI is InChI=1S/C9H18N4O/c1-7(10-2)9-11-8(12-14-9)5-6-13(3)4/h7,10H,5-6H2,1-4H3. The number of nitrogens with zero attached hydrogens (tertiary/aromatic N) is 3. The average Bonchev–Trinajstić information content (AvgIpc) is 2.62. The van der Waals surface area contributed by atoms with Crippen molar-refractivity contribution < 1.29 is 4.52 Å². The summed E-state index contributed by atoms with van der Waals surface area (Å²) >= 11 is 0. The normalized spacial score (nSPS) is 13.5. The third-order valence-corrected chi connectivity index (χ3v) is 2.07. The summed E-state index contributed by atoms with van der Waals surface area (Å²) in [5.41, 5.74) is 0. The summed E-state index contributed by atoms with van der Waals surface area (Å²) in [4.78, 5) is 6.38. The first kappa shape index (κ1) is 11.1. The van der Waals surface area contributed by atoms with Gasteiger partial charge in [0.05, 0.1) is 6.04 Å². The number of aromatic nitrogens is 2. The summed E-state index contributed by atoms with van der Waals surface area (Å²) in [6, 6.07) is 0.121. The van der Waals surface area contributed by atoms with Crippen LogP contribution in [0.2, 0.25) is 0 Å². The molecule has 0 saturated heterocycles. The van der Waals surface area contributed by atoms with E-state index >= 15 is 0 Å². The van der Waals surface area contributed by atoms with Crippen LogP contribution in [0.1, 0.15) is 24.7 Å². The van der Waals surface area contributed by atoms with Crippen molar-refractivity contribution in [2.75, 3.05) is 27.7 Å². The Kier molecular flexibility index (Phi) is 4.03. The molecule has 1 atom stereocenters. The van der Waals surface area contributed by atoms with Crippen molar-refractivity contribution in [1.29, 1.82) is 0 Å². The lowest BCUT2D eigenvalue weighted by atomic mass is 10.3. The molecule has 80 valence electrons. The van der Waals surface area contributed by atoms with E-state index in [4.69, 9.17) is 4.52 Å². The smallest absolute Gasteiger partial charge is 0.243 e. The maximum atomic E-state index is 5.11. The van der Waals surface area contributed by atoms with Crippen molar-refractivity contribution in [2.45, 2.75) is 19.4 Å². The Hall–Kier alpha value is -0.940. The second-order valence-electron chi connectivity index (χ2n) is 3.61. The van der Waals surface area contributed by atoms with Gasteiger partial charge in [0.15, 0.2) is 5.82 Å². The van der Waals surface area contributed by atoms with E-state index in [1.165, 1.54) is 0 Å². The van der Waals surface area contributed by atoms with Gasteiger partial charge in [0.1, 0.15) is 0 Å². The van der Waals surface area contributed by atoms with Gasteiger partial charge in [0, 0.05) is 13.0 Å². The van der Waals surface area contributed by atoms with Crippen molar-refractivity contribution in [3.05, 3.63) is 11.7 Å². The SMILES string of the molecule is CNC(C)c1nc(CCN(C)C)no1. The molecule has 0 saturated carbocycles. The van der Waals surface area contributed by atoms with Gasteiger partial charge in [0.2, 0.25) is 5.89 Å². The minimum absolute atomic E-state index is 0.121. The van der Waals surface area contributed by atoms with Gasteiger partial charge in [-0.15, -0.1) is 0 Å². The van der Waals surface area contributed by atoms with E-state index < -0.39 is 0 Å². The Labute approximate surface area is 84.5 Å². The molecule has 0 spiro atoms. The van der Waals surface area contributed by atoms with Gasteiger partial charge in [0.25, 0.3) is 0 Å². The maximum absolute atomic E-state index is 5.11. The second kappa shape index (κ2) is 5.07. The zero-order valence-corrected chi connectivity index (χ0v) is 9.24. The molecule has 0 bridgehead atoms. The van der Waals surface area contributed by atoms with Crippen molar-refractivity contribution in [2.24, 2.45) is 0 Å². The van der Waals surface area contributed by atoms with Crippen molar-refractivity contribution in [3.8, 4) is 0 Å². The Bertz CT molecular complexity index is 272. The van der Waals surface area contributed by atoms with Gasteiger partial charge < -0.3 is 14.7 Å². The molecule has 5 nitrogen and oxygen atoms in total. The molecule has 1 rings (SSSR count). The Morgan fingerprint density at radius 3 is 2.79 bits per heavy atom. The third kappa shape index (κ3) is 3.08. The number of hydrogen-bond acceptors (Lipinski definition) is 5. The molecule has 1 aromatic heterocycles. The molecular formula is C9H18N4O. The van der Waals surface area contributed by atoms with Crippen LogP contribution in [-0.2, 0) is 6.42 Å². The average molecular weight is 198 g/mol. The van der Waals surface area contributed by atoms with Gasteiger partial charge in [-0.25, -0.2) is 0 Å². The van der Waals surface area contributed by atoms with Gasteiger partial charge in [-0.2, -0.15) is 4.98 Å². The minimum Gasteiger partial charge on any atom is -0.338 e. The summed E-state index contributed by atoms with van der Waals surface area (Å²) in [6.07, 6.45) is 0.826. The van der Waals surface area contributed by atoms with Crippen LogP contribution >= 0.6 is 0 Å². The number of nitrogens with one attached hydrogen (secondary N) is 1. The van der Waals surface area contributed by atoms with E-state index in [1.807, 2.05) is 28.1 Å². The van der Waals surface area contributed by atoms with Crippen LogP contribution in [-0.4, -0.2) is 42.7 Å². The van der Waals surface area contributed by atoms with Gasteiger partial charge in [-0.05, 0) is 28.1 Å². The third-order valence-electron chi connectivity index (χ3n) is 2.07. The van der Waals surface area contributed by atoms with Crippen LogP contribution in [0.25, 0.3) is 0 Å². The zero-order valence-electron chi connectivity index (χ0n) is 9.24. The molecule has 0 radical (unpaired) electrons. The Balaban J connectivity index is 2.50. The highest BCUT2D eigenvalue weighted by Gasteiger charge is 2.11. The zero-order chi connectivity index (χ0) is 10.6. The molecule has 1 aromatic rings. The van der Waals surface area contributed by atoms with Crippen molar-refractivity contribution >= 4 is 0 Å². The highest BCUT2D eigenvalue weighted by atomic mass is 16.5. The topological polar surface area (TPSA) is 54.2 Å². The lowest BCUT2D eigenvalue weighted by molar-refractivity contribution is 0.340. The molecule has 0 aliphatic carbocycles. The molecule has 0 aromatic carbocycles. The monoisotopic (exact) mass is 198 g/mol. The predicted octanol–water partition coefficient (Wildman–Crippen LogP) is 0.454. The van der Waals surface area contributed by atoms with E-state index in [9.17, 15) is 0 Å². The number of hydrogen-bond donors (Lipinski definition) is 1. The largest absolute Gasteiger partial charge is 0.338 e. The first-order valence-corrected chi connectivity index (χ1v) is 4.78. The van der Waals surface area contributed by atoms with E-state index in [-0.39, 0.29) is 6.04 Å². The first-order valence-electron chi connectivity index (χ1n) is 4.78. The predicted molar refractivity (Wildman–Crippen MR) is 54.0 cm³/mol. The fourth-order valence-corrected chi connectivity index (χ4v) is 0.992. The second-order valence-corrected chi connectivity index (χ2v) is 3.61. The maximum Gasteiger partial charge on any atom is 0.243 e. The number of likely N-dealkylation sites (N-methyl/N-ethyl adjacent to an activating group) is 1. The molecule has 1 heterocycles. The molecule has 1 unspecified atom stereocenters. The molecule has 0 amide bonds. The van der Waals surface area contributed by atoms with Crippen LogP contribution in [0.3, 0.4) is 0 Å².